The Bertz CT molecular complexity index is 357. The van der Waals surface area contributed by atoms with Gasteiger partial charge in [0.2, 0.25) is 5.91 Å². The van der Waals surface area contributed by atoms with Crippen molar-refractivity contribution < 1.29 is 9.59 Å². The van der Waals surface area contributed by atoms with Gasteiger partial charge in [-0.05, 0) is 18.9 Å². The molecule has 0 aromatic carbocycles. The largest absolute Gasteiger partial charge is 0.355 e. The molecular formula is C10H15N3O2. The Morgan fingerprint density at radius 1 is 1.53 bits per heavy atom. The van der Waals surface area contributed by atoms with Gasteiger partial charge in [-0.1, -0.05) is 0 Å². The summed E-state index contributed by atoms with van der Waals surface area (Å²) in [5.74, 6) is -0.333. The minimum atomic E-state index is -0.216. The van der Waals surface area contributed by atoms with E-state index >= 15 is 0 Å². The smallest absolute Gasteiger partial charge is 0.227 e. The molecule has 15 heavy (non-hydrogen) atoms. The molecule has 0 saturated heterocycles. The molecule has 0 fully saturated rings. The normalized spacial score (nSPS) is 10.0. The second-order valence-electron chi connectivity index (χ2n) is 3.50. The van der Waals surface area contributed by atoms with E-state index in [9.17, 15) is 9.59 Å². The lowest BCUT2D eigenvalue weighted by molar-refractivity contribution is -0.127. The first-order chi connectivity index (χ1) is 7.08. The quantitative estimate of drug-likeness (QED) is 0.697. The first-order valence-corrected chi connectivity index (χ1v) is 4.81. The predicted octanol–water partition coefficient (Wildman–Crippen LogP) is 0.0579. The monoisotopic (exact) mass is 209 g/mol. The van der Waals surface area contributed by atoms with E-state index in [1.54, 1.807) is 10.9 Å². The molecule has 0 aliphatic carbocycles. The maximum absolute atomic E-state index is 11.1. The summed E-state index contributed by atoms with van der Waals surface area (Å²) in [4.78, 5) is 21.7. The van der Waals surface area contributed by atoms with Crippen molar-refractivity contribution in [3.8, 4) is 0 Å². The van der Waals surface area contributed by atoms with Crippen LogP contribution in [0.2, 0.25) is 0 Å². The van der Waals surface area contributed by atoms with Crippen LogP contribution >= 0.6 is 0 Å². The van der Waals surface area contributed by atoms with Crippen LogP contribution in [-0.2, 0) is 23.1 Å². The van der Waals surface area contributed by atoms with Crippen LogP contribution in [0.25, 0.3) is 0 Å². The number of hydrogen-bond acceptors (Lipinski definition) is 3. The van der Waals surface area contributed by atoms with Crippen molar-refractivity contribution in [1.82, 2.24) is 15.1 Å². The maximum Gasteiger partial charge on any atom is 0.227 e. The number of rotatable bonds is 5. The van der Waals surface area contributed by atoms with E-state index in [0.29, 0.717) is 6.54 Å². The zero-order valence-corrected chi connectivity index (χ0v) is 8.99. The molecule has 1 amide bonds. The number of carbonyl (C=O) groups is 2. The van der Waals surface area contributed by atoms with E-state index in [1.807, 2.05) is 13.2 Å². The lowest BCUT2D eigenvalue weighted by Gasteiger charge is -2.01. The highest BCUT2D eigenvalue weighted by molar-refractivity contribution is 5.96. The van der Waals surface area contributed by atoms with Gasteiger partial charge in [0.1, 0.15) is 5.78 Å². The summed E-state index contributed by atoms with van der Waals surface area (Å²) in [6, 6.07) is 0. The number of amides is 1. The van der Waals surface area contributed by atoms with E-state index < -0.39 is 0 Å². The van der Waals surface area contributed by atoms with Gasteiger partial charge in [0.15, 0.2) is 0 Å². The van der Waals surface area contributed by atoms with Gasteiger partial charge in [-0.15, -0.1) is 0 Å². The molecule has 1 aromatic heterocycles. The molecule has 0 bridgehead atoms. The summed E-state index contributed by atoms with van der Waals surface area (Å²) < 4.78 is 1.72. The highest BCUT2D eigenvalue weighted by Gasteiger charge is 2.04. The van der Waals surface area contributed by atoms with Crippen molar-refractivity contribution >= 4 is 11.7 Å². The topological polar surface area (TPSA) is 64.0 Å². The average molecular weight is 209 g/mol. The Morgan fingerprint density at radius 2 is 2.27 bits per heavy atom. The van der Waals surface area contributed by atoms with Gasteiger partial charge in [-0.2, -0.15) is 5.10 Å². The van der Waals surface area contributed by atoms with Crippen LogP contribution in [0.3, 0.4) is 0 Å². The zero-order valence-electron chi connectivity index (χ0n) is 8.99. The Morgan fingerprint density at radius 3 is 2.80 bits per heavy atom. The van der Waals surface area contributed by atoms with Gasteiger partial charge in [0.25, 0.3) is 0 Å². The standard InChI is InChI=1S/C10H15N3O2/c1-8(14)5-10(15)11-4-3-9-6-12-13(2)7-9/h6-7H,3-5H2,1-2H3,(H,11,15). The molecule has 0 saturated carbocycles. The number of Topliss-reactive ketones (excluding diaryl/α,β-unsaturated/α-hetero) is 1. The second-order valence-corrected chi connectivity index (χ2v) is 3.50. The minimum Gasteiger partial charge on any atom is -0.355 e. The number of hydrogen-bond donors (Lipinski definition) is 1. The Labute approximate surface area is 88.5 Å². The highest BCUT2D eigenvalue weighted by Crippen LogP contribution is 1.96. The molecular weight excluding hydrogens is 194 g/mol. The SMILES string of the molecule is CC(=O)CC(=O)NCCc1cnn(C)c1. The van der Waals surface area contributed by atoms with E-state index in [2.05, 4.69) is 10.4 Å². The van der Waals surface area contributed by atoms with Crippen LogP contribution in [0.4, 0.5) is 0 Å². The molecule has 0 atom stereocenters. The van der Waals surface area contributed by atoms with Crippen LogP contribution < -0.4 is 5.32 Å². The molecule has 0 radical (unpaired) electrons. The van der Waals surface area contributed by atoms with Crippen molar-refractivity contribution in [3.63, 3.8) is 0 Å². The Hall–Kier alpha value is -1.65. The van der Waals surface area contributed by atoms with E-state index in [-0.39, 0.29) is 18.1 Å². The first kappa shape index (κ1) is 11.4. The fraction of sp³-hybridized carbons (Fsp3) is 0.500. The fourth-order valence-electron chi connectivity index (χ4n) is 1.24. The van der Waals surface area contributed by atoms with E-state index in [1.165, 1.54) is 6.92 Å². The summed E-state index contributed by atoms with van der Waals surface area (Å²) in [7, 11) is 1.85. The molecule has 0 spiro atoms. The van der Waals surface area contributed by atoms with Crippen molar-refractivity contribution in [2.24, 2.45) is 7.05 Å². The van der Waals surface area contributed by atoms with Gasteiger partial charge >= 0.3 is 0 Å². The summed E-state index contributed by atoms with van der Waals surface area (Å²) in [6.45, 7) is 1.94. The highest BCUT2D eigenvalue weighted by atomic mass is 16.2. The maximum atomic E-state index is 11.1. The summed E-state index contributed by atoms with van der Waals surface area (Å²) >= 11 is 0. The van der Waals surface area contributed by atoms with Crippen molar-refractivity contribution in [3.05, 3.63) is 18.0 Å². The lowest BCUT2D eigenvalue weighted by Crippen LogP contribution is -2.26. The number of nitrogens with zero attached hydrogens (tertiary/aromatic N) is 2. The Kier molecular flexibility index (Phi) is 4.03. The molecule has 5 heteroatoms. The molecule has 0 unspecified atom stereocenters. The van der Waals surface area contributed by atoms with E-state index in [0.717, 1.165) is 12.0 Å². The fourth-order valence-corrected chi connectivity index (χ4v) is 1.24. The Balaban J connectivity index is 2.22. The third kappa shape index (κ3) is 4.39. The molecule has 1 aromatic rings. The molecule has 1 heterocycles. The average Bonchev–Trinajstić information content (AvgIpc) is 2.50. The van der Waals surface area contributed by atoms with Gasteiger partial charge in [0, 0.05) is 19.8 Å². The van der Waals surface area contributed by atoms with E-state index in [4.69, 9.17) is 0 Å². The first-order valence-electron chi connectivity index (χ1n) is 4.81. The van der Waals surface area contributed by atoms with Crippen LogP contribution in [0.5, 0.6) is 0 Å². The zero-order chi connectivity index (χ0) is 11.3. The minimum absolute atomic E-state index is 0.0347. The molecule has 1 N–H and O–H groups in total. The van der Waals surface area contributed by atoms with Gasteiger partial charge in [-0.25, -0.2) is 0 Å². The summed E-state index contributed by atoms with van der Waals surface area (Å²) in [5.41, 5.74) is 1.07. The second kappa shape index (κ2) is 5.29. The lowest BCUT2D eigenvalue weighted by atomic mass is 10.2. The molecule has 5 nitrogen and oxygen atoms in total. The van der Waals surface area contributed by atoms with Crippen LogP contribution in [-0.4, -0.2) is 28.0 Å². The number of aryl methyl sites for hydroxylation is 1. The van der Waals surface area contributed by atoms with Crippen molar-refractivity contribution in [2.75, 3.05) is 6.54 Å². The van der Waals surface area contributed by atoms with Crippen LogP contribution in [0.1, 0.15) is 18.9 Å². The third-order valence-corrected chi connectivity index (χ3v) is 1.90. The van der Waals surface area contributed by atoms with Crippen LogP contribution in [0, 0.1) is 0 Å². The number of aromatic nitrogens is 2. The van der Waals surface area contributed by atoms with Crippen LogP contribution in [0.15, 0.2) is 12.4 Å². The number of nitrogens with one attached hydrogen (secondary N) is 1. The molecule has 0 aliphatic heterocycles. The third-order valence-electron chi connectivity index (χ3n) is 1.90. The summed E-state index contributed by atoms with van der Waals surface area (Å²) in [6.07, 6.45) is 4.36. The number of carbonyl (C=O) groups excluding carboxylic acids is 2. The van der Waals surface area contributed by atoms with Crippen molar-refractivity contribution in [1.29, 1.82) is 0 Å². The van der Waals surface area contributed by atoms with Gasteiger partial charge < -0.3 is 5.32 Å². The molecule has 1 rings (SSSR count). The van der Waals surface area contributed by atoms with Gasteiger partial charge in [-0.3, -0.25) is 14.3 Å². The van der Waals surface area contributed by atoms with Crippen molar-refractivity contribution in [2.45, 2.75) is 19.8 Å². The molecule has 0 aliphatic rings. The number of ketones is 1. The summed E-state index contributed by atoms with van der Waals surface area (Å²) in [5, 5.41) is 6.69. The van der Waals surface area contributed by atoms with Gasteiger partial charge in [0.05, 0.1) is 12.6 Å². The molecule has 82 valence electrons. The predicted molar refractivity (Wildman–Crippen MR) is 55.2 cm³/mol.